The van der Waals surface area contributed by atoms with Crippen LogP contribution in [0.2, 0.25) is 0 Å². The number of nitrogens with one attached hydrogen (secondary N) is 1. The molecule has 4 unspecified atom stereocenters. The van der Waals surface area contributed by atoms with E-state index >= 15 is 0 Å². The van der Waals surface area contributed by atoms with E-state index in [2.05, 4.69) is 16.4 Å². The molecular weight excluding hydrogens is 386 g/mol. The zero-order valence-electron chi connectivity index (χ0n) is 17.2. The Kier molecular flexibility index (Phi) is 4.77. The quantitative estimate of drug-likeness (QED) is 0.679. The monoisotopic (exact) mass is 411 g/mol. The van der Waals surface area contributed by atoms with Crippen molar-refractivity contribution in [3.05, 3.63) is 23.4 Å². The van der Waals surface area contributed by atoms with Crippen molar-refractivity contribution >= 4 is 24.0 Å². The molecule has 0 aromatic carbocycles. The van der Waals surface area contributed by atoms with Gasteiger partial charge in [-0.1, -0.05) is 25.5 Å². The second-order valence-electron chi connectivity index (χ2n) is 8.83. The van der Waals surface area contributed by atoms with Crippen LogP contribution in [0.3, 0.4) is 0 Å². The highest BCUT2D eigenvalue weighted by Crippen LogP contribution is 2.49. The molecule has 0 aliphatic carbocycles. The second kappa shape index (κ2) is 7.06. The maximum absolute atomic E-state index is 13.4. The third-order valence-electron chi connectivity index (χ3n) is 6.65. The fraction of sp³-hybridized carbons (Fsp3) is 0.571. The number of hydrogen-bond donors (Lipinski definition) is 2. The summed E-state index contributed by atoms with van der Waals surface area (Å²) in [5.41, 5.74) is 0.490. The largest absolute Gasteiger partial charge is 0.480 e. The number of carboxylic acid groups (broad SMARTS) is 1. The molecule has 2 amide bonds. The van der Waals surface area contributed by atoms with E-state index in [9.17, 15) is 19.5 Å². The van der Waals surface area contributed by atoms with Crippen molar-refractivity contribution < 1.29 is 19.5 Å². The molecule has 0 aromatic heterocycles. The van der Waals surface area contributed by atoms with Crippen LogP contribution < -0.4 is 5.32 Å². The van der Waals surface area contributed by atoms with E-state index in [-0.39, 0.29) is 17.7 Å². The van der Waals surface area contributed by atoms with Gasteiger partial charge in [0.1, 0.15) is 12.1 Å². The first kappa shape index (κ1) is 20.3. The summed E-state index contributed by atoms with van der Waals surface area (Å²) in [6.45, 7) is 6.88. The van der Waals surface area contributed by atoms with E-state index in [1.54, 1.807) is 17.2 Å². The van der Waals surface area contributed by atoms with Gasteiger partial charge in [0.25, 0.3) is 0 Å². The average Bonchev–Trinajstić information content (AvgIpc) is 2.93. The Morgan fingerprint density at radius 2 is 2.10 bits per heavy atom. The first-order valence-electron chi connectivity index (χ1n) is 10.1. The van der Waals surface area contributed by atoms with Gasteiger partial charge in [-0.05, 0) is 18.4 Å². The average molecular weight is 411 g/mol. The minimum atomic E-state index is -1.14. The summed E-state index contributed by atoms with van der Waals surface area (Å²) >= 11 is 0. The fourth-order valence-corrected chi connectivity index (χ4v) is 5.31. The minimum Gasteiger partial charge on any atom is -0.480 e. The number of carboxylic acids is 1. The number of aliphatic imine (C=N–C) groups is 1. The number of nitrogens with zero attached hydrogens (tertiary/aromatic N) is 4. The summed E-state index contributed by atoms with van der Waals surface area (Å²) in [4.78, 5) is 46.3. The number of rotatable bonds is 4. The van der Waals surface area contributed by atoms with Crippen LogP contribution in [0, 0.1) is 28.6 Å². The Balaban J connectivity index is 1.78. The number of amides is 2. The third kappa shape index (κ3) is 2.70. The van der Waals surface area contributed by atoms with E-state index in [0.29, 0.717) is 19.6 Å². The number of carbonyl (C=O) groups is 3. The molecule has 0 radical (unpaired) electrons. The standard InChI is InChI=1S/C21H25N5O4/c1-11(2)15(19(28)25-9-13(6-22)10-25)26-8-12(3)14-7-23-5-4-21(14)16(20(29)30)24-18(27)17(21)26/h4-5,7,11,13,15-17H,8-10H2,1-3H3,(H,24,27)(H,29,30). The van der Waals surface area contributed by atoms with Gasteiger partial charge >= 0.3 is 5.97 Å². The van der Waals surface area contributed by atoms with E-state index in [1.807, 2.05) is 25.7 Å². The third-order valence-corrected chi connectivity index (χ3v) is 6.65. The molecule has 4 aliphatic heterocycles. The summed E-state index contributed by atoms with van der Waals surface area (Å²) in [5.74, 6) is -1.91. The molecule has 1 spiro atoms. The van der Waals surface area contributed by atoms with Gasteiger partial charge in [0, 0.05) is 32.0 Å². The lowest BCUT2D eigenvalue weighted by atomic mass is 9.65. The molecule has 2 N–H and O–H groups in total. The van der Waals surface area contributed by atoms with Gasteiger partial charge in [0.05, 0.1) is 23.4 Å². The smallest absolute Gasteiger partial charge is 0.327 e. The van der Waals surface area contributed by atoms with Gasteiger partial charge in [-0.25, -0.2) is 4.79 Å². The van der Waals surface area contributed by atoms with Crippen LogP contribution in [-0.2, 0) is 14.4 Å². The van der Waals surface area contributed by atoms with Crippen molar-refractivity contribution in [2.24, 2.45) is 22.2 Å². The molecule has 2 fully saturated rings. The summed E-state index contributed by atoms with van der Waals surface area (Å²) in [6, 6.07) is -0.399. The van der Waals surface area contributed by atoms with Gasteiger partial charge in [-0.15, -0.1) is 0 Å². The lowest BCUT2D eigenvalue weighted by Gasteiger charge is -2.50. The van der Waals surface area contributed by atoms with Crippen molar-refractivity contribution in [1.29, 1.82) is 5.26 Å². The maximum atomic E-state index is 13.4. The van der Waals surface area contributed by atoms with Gasteiger partial charge < -0.3 is 15.3 Å². The molecule has 4 aliphatic rings. The molecule has 4 rings (SSSR count). The molecule has 9 nitrogen and oxygen atoms in total. The van der Waals surface area contributed by atoms with Crippen molar-refractivity contribution in [2.45, 2.75) is 38.9 Å². The van der Waals surface area contributed by atoms with Gasteiger partial charge in [0.15, 0.2) is 0 Å². The van der Waals surface area contributed by atoms with E-state index < -0.39 is 35.4 Å². The summed E-state index contributed by atoms with van der Waals surface area (Å²) in [7, 11) is 0. The van der Waals surface area contributed by atoms with E-state index in [4.69, 9.17) is 5.26 Å². The van der Waals surface area contributed by atoms with Gasteiger partial charge in [-0.3, -0.25) is 19.5 Å². The molecule has 30 heavy (non-hydrogen) atoms. The molecule has 158 valence electrons. The number of hydrogen-bond acceptors (Lipinski definition) is 6. The van der Waals surface area contributed by atoms with Crippen molar-refractivity contribution in [2.75, 3.05) is 19.6 Å². The highest BCUT2D eigenvalue weighted by molar-refractivity contribution is 6.00. The highest BCUT2D eigenvalue weighted by atomic mass is 16.4. The molecule has 9 heteroatoms. The summed E-state index contributed by atoms with van der Waals surface area (Å²) in [5, 5.41) is 21.6. The first-order valence-corrected chi connectivity index (χ1v) is 10.1. The van der Waals surface area contributed by atoms with Crippen LogP contribution >= 0.6 is 0 Å². The van der Waals surface area contributed by atoms with Crippen LogP contribution in [0.4, 0.5) is 0 Å². The van der Waals surface area contributed by atoms with Crippen molar-refractivity contribution in [1.82, 2.24) is 15.1 Å². The minimum absolute atomic E-state index is 0.108. The molecule has 0 bridgehead atoms. The number of carbonyl (C=O) groups excluding carboxylic acids is 2. The van der Waals surface area contributed by atoms with E-state index in [0.717, 1.165) is 11.1 Å². The summed E-state index contributed by atoms with van der Waals surface area (Å²) < 4.78 is 0. The number of likely N-dealkylation sites (tertiary alicyclic amines) is 1. The zero-order chi connectivity index (χ0) is 21.8. The topological polar surface area (TPSA) is 126 Å². The van der Waals surface area contributed by atoms with Crippen LogP contribution in [0.5, 0.6) is 0 Å². The van der Waals surface area contributed by atoms with Crippen LogP contribution in [-0.4, -0.2) is 76.7 Å². The van der Waals surface area contributed by atoms with Crippen LogP contribution in [0.1, 0.15) is 20.8 Å². The Labute approximate surface area is 174 Å². The van der Waals surface area contributed by atoms with Gasteiger partial charge in [-0.2, -0.15) is 5.26 Å². The lowest BCUT2D eigenvalue weighted by Crippen LogP contribution is -2.65. The van der Waals surface area contributed by atoms with Crippen molar-refractivity contribution in [3.8, 4) is 6.07 Å². The van der Waals surface area contributed by atoms with Crippen LogP contribution in [0.15, 0.2) is 28.4 Å². The van der Waals surface area contributed by atoms with E-state index in [1.165, 1.54) is 6.20 Å². The first-order chi connectivity index (χ1) is 14.2. The van der Waals surface area contributed by atoms with Crippen molar-refractivity contribution in [3.63, 3.8) is 0 Å². The van der Waals surface area contributed by atoms with Gasteiger partial charge in [0.2, 0.25) is 11.8 Å². The maximum Gasteiger partial charge on any atom is 0.327 e. The predicted octanol–water partition coefficient (Wildman–Crippen LogP) is 0.161. The Bertz CT molecular complexity index is 940. The second-order valence-corrected chi connectivity index (χ2v) is 8.83. The lowest BCUT2D eigenvalue weighted by molar-refractivity contribution is -0.147. The fourth-order valence-electron chi connectivity index (χ4n) is 5.31. The molecule has 0 aromatic rings. The SMILES string of the molecule is CC1=C2C=NC=CC23C(C(=O)O)NC(=O)C3N(C(C(=O)N2CC(C#N)C2)C(C)C)C1. The Morgan fingerprint density at radius 1 is 1.40 bits per heavy atom. The molecule has 0 saturated carbocycles. The zero-order valence-corrected chi connectivity index (χ0v) is 17.2. The molecule has 2 saturated heterocycles. The predicted molar refractivity (Wildman–Crippen MR) is 107 cm³/mol. The normalized spacial score (nSPS) is 31.7. The van der Waals surface area contributed by atoms with Crippen LogP contribution in [0.25, 0.3) is 0 Å². The molecular formula is C21H25N5O4. The number of aliphatic carboxylic acids is 1. The molecule has 4 atom stereocenters. The highest BCUT2D eigenvalue weighted by Gasteiger charge is 2.64. The Morgan fingerprint density at radius 3 is 2.70 bits per heavy atom. The number of nitriles is 1. The Hall–Kier alpha value is -2.99. The summed E-state index contributed by atoms with van der Waals surface area (Å²) in [6.07, 6.45) is 4.86. The molecule has 4 heterocycles.